The maximum absolute atomic E-state index is 13.1. The summed E-state index contributed by atoms with van der Waals surface area (Å²) in [5.41, 5.74) is 7.33. The van der Waals surface area contributed by atoms with Crippen molar-refractivity contribution in [3.05, 3.63) is 81.5 Å². The summed E-state index contributed by atoms with van der Waals surface area (Å²) in [4.78, 5) is 26.9. The third kappa shape index (κ3) is 3.43. The highest BCUT2D eigenvalue weighted by atomic mass is 35.5. The fraction of sp³-hybridized carbons (Fsp3) is 0.143. The van der Waals surface area contributed by atoms with Crippen LogP contribution in [0.25, 0.3) is 0 Å². The number of thioether (sulfide) groups is 1. The molecule has 1 saturated heterocycles. The van der Waals surface area contributed by atoms with E-state index in [0.717, 1.165) is 11.1 Å². The number of nitrogens with two attached hydrogens (primary N) is 1. The highest BCUT2D eigenvalue weighted by molar-refractivity contribution is 8.01. The lowest BCUT2D eigenvalue weighted by Crippen LogP contribution is -2.58. The van der Waals surface area contributed by atoms with E-state index in [0.29, 0.717) is 15.6 Å². The Morgan fingerprint density at radius 2 is 1.93 bits per heavy atom. The van der Waals surface area contributed by atoms with Gasteiger partial charge in [-0.25, -0.2) is 0 Å². The fourth-order valence-electron chi connectivity index (χ4n) is 3.43. The fourth-order valence-corrected chi connectivity index (χ4v) is 5.41. The Hall–Kier alpha value is -2.28. The molecule has 0 aliphatic carbocycles. The molecule has 0 spiro atoms. The molecule has 0 radical (unpaired) electrons. The molecule has 7 heteroatoms. The number of nitrogens with one attached hydrogen (secondary N) is 1. The van der Waals surface area contributed by atoms with Crippen molar-refractivity contribution in [2.45, 2.75) is 22.1 Å². The van der Waals surface area contributed by atoms with Gasteiger partial charge in [-0.2, -0.15) is 11.3 Å². The quantitative estimate of drug-likeness (QED) is 0.474. The summed E-state index contributed by atoms with van der Waals surface area (Å²) in [5, 5.41) is 6.70. The number of anilines is 1. The summed E-state index contributed by atoms with van der Waals surface area (Å²) in [5.74, 6) is -0.461. The van der Waals surface area contributed by atoms with Gasteiger partial charge in [-0.05, 0) is 52.2 Å². The second kappa shape index (κ2) is 7.62. The second-order valence-electron chi connectivity index (χ2n) is 6.60. The maximum Gasteiger partial charge on any atom is 0.242 e. The molecule has 3 aromatic rings. The molecule has 1 fully saturated rings. The van der Waals surface area contributed by atoms with Crippen LogP contribution in [-0.4, -0.2) is 16.9 Å². The van der Waals surface area contributed by atoms with Gasteiger partial charge >= 0.3 is 0 Å². The van der Waals surface area contributed by atoms with E-state index in [1.807, 2.05) is 53.2 Å². The van der Waals surface area contributed by atoms with Crippen molar-refractivity contribution in [1.82, 2.24) is 5.32 Å². The van der Waals surface area contributed by atoms with E-state index in [-0.39, 0.29) is 18.1 Å². The number of benzene rings is 2. The van der Waals surface area contributed by atoms with Gasteiger partial charge in [0.2, 0.25) is 5.91 Å². The minimum atomic E-state index is -0.916. The van der Waals surface area contributed by atoms with E-state index in [1.165, 1.54) is 23.1 Å². The summed E-state index contributed by atoms with van der Waals surface area (Å²) in [7, 11) is 0. The molecule has 2 aromatic carbocycles. The first-order valence-electron chi connectivity index (χ1n) is 8.64. The highest BCUT2D eigenvalue weighted by Gasteiger charge is 2.47. The smallest absolute Gasteiger partial charge is 0.242 e. The lowest BCUT2D eigenvalue weighted by molar-refractivity contribution is -0.132. The standard InChI is InChI=1S/C21H17ClN2O2S2/c22-16-6-1-2-7-18(16)28-19-17(25)11-21(24-20(19)26,14-8-9-27-12-14)13-4-3-5-15(23)10-13/h1-10,12,19H,11,23H2,(H,24,26)/t19-,21-/m1/s1. The molecule has 4 nitrogen and oxygen atoms in total. The molecular weight excluding hydrogens is 412 g/mol. The van der Waals surface area contributed by atoms with Crippen LogP contribution in [0.1, 0.15) is 17.5 Å². The Balaban J connectivity index is 1.71. The van der Waals surface area contributed by atoms with Crippen molar-refractivity contribution in [3.63, 3.8) is 0 Å². The summed E-state index contributed by atoms with van der Waals surface area (Å²) in [6, 6.07) is 16.5. The minimum absolute atomic E-state index is 0.137. The van der Waals surface area contributed by atoms with Gasteiger partial charge in [0.1, 0.15) is 5.25 Å². The lowest BCUT2D eigenvalue weighted by atomic mass is 9.77. The van der Waals surface area contributed by atoms with Crippen LogP contribution in [0.5, 0.6) is 0 Å². The van der Waals surface area contributed by atoms with Crippen molar-refractivity contribution in [2.75, 3.05) is 5.73 Å². The van der Waals surface area contributed by atoms with Crippen LogP contribution < -0.4 is 11.1 Å². The van der Waals surface area contributed by atoms with Gasteiger partial charge in [-0.3, -0.25) is 9.59 Å². The average molecular weight is 429 g/mol. The Bertz CT molecular complexity index is 1020. The molecule has 2 atom stereocenters. The number of hydrogen-bond acceptors (Lipinski definition) is 5. The Morgan fingerprint density at radius 3 is 2.61 bits per heavy atom. The van der Waals surface area contributed by atoms with Crippen LogP contribution in [0, 0.1) is 0 Å². The van der Waals surface area contributed by atoms with Crippen molar-refractivity contribution in [1.29, 1.82) is 0 Å². The number of piperidine rings is 1. The number of ketones is 1. The molecule has 1 aromatic heterocycles. The maximum atomic E-state index is 13.1. The third-order valence-electron chi connectivity index (χ3n) is 4.78. The van der Waals surface area contributed by atoms with Crippen molar-refractivity contribution >= 4 is 52.1 Å². The van der Waals surface area contributed by atoms with Gasteiger partial charge in [0.15, 0.2) is 5.78 Å². The van der Waals surface area contributed by atoms with Crippen LogP contribution in [-0.2, 0) is 15.1 Å². The molecule has 28 heavy (non-hydrogen) atoms. The Labute approximate surface area is 176 Å². The van der Waals surface area contributed by atoms with E-state index < -0.39 is 10.8 Å². The van der Waals surface area contributed by atoms with Gasteiger partial charge in [0.25, 0.3) is 0 Å². The Morgan fingerprint density at radius 1 is 1.11 bits per heavy atom. The van der Waals surface area contributed by atoms with E-state index in [4.69, 9.17) is 17.3 Å². The normalized spacial score (nSPS) is 22.1. The van der Waals surface area contributed by atoms with Gasteiger partial charge in [0.05, 0.1) is 10.6 Å². The van der Waals surface area contributed by atoms with Crippen molar-refractivity contribution in [2.24, 2.45) is 0 Å². The minimum Gasteiger partial charge on any atom is -0.399 e. The SMILES string of the molecule is Nc1cccc([C@@]2(c3ccsc3)CC(=O)[C@@H](Sc3ccccc3Cl)C(=O)N2)c1. The van der Waals surface area contributed by atoms with Crippen LogP contribution >= 0.6 is 34.7 Å². The van der Waals surface area contributed by atoms with Gasteiger partial charge in [0, 0.05) is 17.0 Å². The summed E-state index contributed by atoms with van der Waals surface area (Å²) < 4.78 is 0. The van der Waals surface area contributed by atoms with Crippen molar-refractivity contribution in [3.8, 4) is 0 Å². The summed E-state index contributed by atoms with van der Waals surface area (Å²) >= 11 is 8.92. The number of halogens is 1. The molecule has 0 bridgehead atoms. The monoisotopic (exact) mass is 428 g/mol. The summed E-state index contributed by atoms with van der Waals surface area (Å²) in [6.45, 7) is 0. The van der Waals surface area contributed by atoms with E-state index in [1.54, 1.807) is 12.1 Å². The molecule has 1 aliphatic heterocycles. The molecular formula is C21H17ClN2O2S2. The van der Waals surface area contributed by atoms with Crippen LogP contribution in [0.3, 0.4) is 0 Å². The van der Waals surface area contributed by atoms with Gasteiger partial charge < -0.3 is 11.1 Å². The zero-order valence-corrected chi connectivity index (χ0v) is 17.1. The molecule has 0 saturated carbocycles. The van der Waals surface area contributed by atoms with Crippen molar-refractivity contribution < 1.29 is 9.59 Å². The lowest BCUT2D eigenvalue weighted by Gasteiger charge is -2.40. The predicted molar refractivity (Wildman–Crippen MR) is 115 cm³/mol. The average Bonchev–Trinajstić information content (AvgIpc) is 3.21. The predicted octanol–water partition coefficient (Wildman–Crippen LogP) is 4.48. The zero-order chi connectivity index (χ0) is 19.7. The molecule has 142 valence electrons. The third-order valence-corrected chi connectivity index (χ3v) is 7.23. The number of carbonyl (C=O) groups is 2. The van der Waals surface area contributed by atoms with E-state index in [9.17, 15) is 9.59 Å². The van der Waals surface area contributed by atoms with Crippen LogP contribution in [0.4, 0.5) is 5.69 Å². The first-order valence-corrected chi connectivity index (χ1v) is 10.8. The number of carbonyl (C=O) groups excluding carboxylic acids is 2. The van der Waals surface area contributed by atoms with Gasteiger partial charge in [-0.1, -0.05) is 35.9 Å². The molecule has 0 unspecified atom stereocenters. The first kappa shape index (κ1) is 19.1. The largest absolute Gasteiger partial charge is 0.399 e. The summed E-state index contributed by atoms with van der Waals surface area (Å²) in [6.07, 6.45) is 0.154. The topological polar surface area (TPSA) is 72.2 Å². The highest BCUT2D eigenvalue weighted by Crippen LogP contribution is 2.41. The number of amides is 1. The molecule has 3 N–H and O–H groups in total. The number of thiophene rings is 1. The Kier molecular flexibility index (Phi) is 5.19. The molecule has 2 heterocycles. The van der Waals surface area contributed by atoms with Crippen LogP contribution in [0.15, 0.2) is 70.3 Å². The molecule has 4 rings (SSSR count). The van der Waals surface area contributed by atoms with Crippen LogP contribution in [0.2, 0.25) is 5.02 Å². The number of rotatable bonds is 4. The number of Topliss-reactive ketones (excluding diaryl/α,β-unsaturated/α-hetero) is 1. The first-order chi connectivity index (χ1) is 13.5. The van der Waals surface area contributed by atoms with Gasteiger partial charge in [-0.15, -0.1) is 11.8 Å². The molecule has 1 aliphatic rings. The number of hydrogen-bond donors (Lipinski definition) is 2. The number of nitrogen functional groups attached to an aromatic ring is 1. The van der Waals surface area contributed by atoms with E-state index >= 15 is 0 Å². The molecule has 1 amide bonds. The van der Waals surface area contributed by atoms with E-state index in [2.05, 4.69) is 5.32 Å². The zero-order valence-electron chi connectivity index (χ0n) is 14.7. The second-order valence-corrected chi connectivity index (χ2v) is 8.94.